The summed E-state index contributed by atoms with van der Waals surface area (Å²) >= 11 is 0. The van der Waals surface area contributed by atoms with Gasteiger partial charge >= 0.3 is 17.9 Å². The maximum atomic E-state index is 12.5. The third-order valence-electron chi connectivity index (χ3n) is 11.7. The SMILES string of the molecule is CC(=O)OC1CC(C(C)C(O)C2CC(C)C(=O)O2)=C2CCC3(O)CC45OC(=O)CC4OC(C)(C)C5CCC3C21C. The van der Waals surface area contributed by atoms with Gasteiger partial charge in [-0.3, -0.25) is 14.4 Å². The van der Waals surface area contributed by atoms with Gasteiger partial charge in [0.05, 0.1) is 29.6 Å². The summed E-state index contributed by atoms with van der Waals surface area (Å²) in [6, 6.07) is 0. The highest BCUT2D eigenvalue weighted by atomic mass is 16.6. The van der Waals surface area contributed by atoms with Crippen molar-refractivity contribution in [3.05, 3.63) is 11.1 Å². The van der Waals surface area contributed by atoms with E-state index in [1.54, 1.807) is 0 Å². The summed E-state index contributed by atoms with van der Waals surface area (Å²) in [5.41, 5.74) is -0.995. The molecule has 2 saturated carbocycles. The quantitative estimate of drug-likeness (QED) is 0.302. The van der Waals surface area contributed by atoms with E-state index in [-0.39, 0.29) is 54.1 Å². The van der Waals surface area contributed by atoms with Gasteiger partial charge in [0.15, 0.2) is 0 Å². The summed E-state index contributed by atoms with van der Waals surface area (Å²) in [5.74, 6) is -1.79. The molecule has 3 saturated heterocycles. The number of carbonyl (C=O) groups is 3. The van der Waals surface area contributed by atoms with Crippen LogP contribution in [0, 0.1) is 29.1 Å². The van der Waals surface area contributed by atoms with Crippen molar-refractivity contribution in [3.63, 3.8) is 0 Å². The molecule has 222 valence electrons. The maximum absolute atomic E-state index is 12.5. The largest absolute Gasteiger partial charge is 0.461 e. The van der Waals surface area contributed by atoms with Crippen molar-refractivity contribution in [2.24, 2.45) is 29.1 Å². The fourth-order valence-corrected chi connectivity index (χ4v) is 9.91. The molecule has 2 N–H and O–H groups in total. The van der Waals surface area contributed by atoms with E-state index in [4.69, 9.17) is 18.9 Å². The number of aliphatic hydroxyl groups is 2. The Balaban J connectivity index is 1.38. The molecule has 9 heteroatoms. The lowest BCUT2D eigenvalue weighted by Gasteiger charge is -2.53. The smallest absolute Gasteiger partial charge is 0.309 e. The van der Waals surface area contributed by atoms with Gasteiger partial charge in [-0.05, 0) is 46.0 Å². The lowest BCUT2D eigenvalue weighted by molar-refractivity contribution is -0.178. The van der Waals surface area contributed by atoms with Gasteiger partial charge in [-0.1, -0.05) is 31.9 Å². The number of rotatable bonds is 4. The van der Waals surface area contributed by atoms with Gasteiger partial charge in [0, 0.05) is 42.9 Å². The zero-order chi connectivity index (χ0) is 29.0. The van der Waals surface area contributed by atoms with Gasteiger partial charge in [-0.25, -0.2) is 0 Å². The minimum Gasteiger partial charge on any atom is -0.461 e. The van der Waals surface area contributed by atoms with Gasteiger partial charge in [-0.15, -0.1) is 0 Å². The maximum Gasteiger partial charge on any atom is 0.309 e. The van der Waals surface area contributed by atoms with E-state index in [1.807, 2.05) is 27.7 Å². The Kier molecular flexibility index (Phi) is 6.35. The molecule has 6 rings (SSSR count). The number of carbonyl (C=O) groups excluding carboxylic acids is 3. The first-order chi connectivity index (χ1) is 18.6. The summed E-state index contributed by atoms with van der Waals surface area (Å²) < 4.78 is 24.0. The minimum atomic E-state index is -1.15. The van der Waals surface area contributed by atoms with Crippen LogP contribution in [0.4, 0.5) is 0 Å². The molecule has 40 heavy (non-hydrogen) atoms. The highest BCUT2D eigenvalue weighted by molar-refractivity contribution is 5.74. The second-order valence-electron chi connectivity index (χ2n) is 14.3. The number of hydrogen-bond acceptors (Lipinski definition) is 9. The Morgan fingerprint density at radius 3 is 2.48 bits per heavy atom. The first kappa shape index (κ1) is 28.2. The fraction of sp³-hybridized carbons (Fsp3) is 0.839. The molecule has 0 aromatic heterocycles. The van der Waals surface area contributed by atoms with Crippen molar-refractivity contribution in [2.75, 3.05) is 0 Å². The Morgan fingerprint density at radius 1 is 1.12 bits per heavy atom. The molecule has 0 radical (unpaired) electrons. The zero-order valence-corrected chi connectivity index (χ0v) is 24.5. The summed E-state index contributed by atoms with van der Waals surface area (Å²) in [4.78, 5) is 37.0. The van der Waals surface area contributed by atoms with Crippen LogP contribution in [-0.2, 0) is 33.3 Å². The molecule has 6 aliphatic rings. The Hall–Kier alpha value is -1.97. The summed E-state index contributed by atoms with van der Waals surface area (Å²) in [5, 5.41) is 23.9. The van der Waals surface area contributed by atoms with Gasteiger partial charge in [0.2, 0.25) is 0 Å². The van der Waals surface area contributed by atoms with E-state index < -0.39 is 40.5 Å². The second-order valence-corrected chi connectivity index (χ2v) is 14.3. The number of ether oxygens (including phenoxy) is 4. The van der Waals surface area contributed by atoms with Crippen LogP contribution < -0.4 is 0 Å². The van der Waals surface area contributed by atoms with Crippen LogP contribution in [0.5, 0.6) is 0 Å². The van der Waals surface area contributed by atoms with Crippen LogP contribution in [0.1, 0.15) is 92.9 Å². The molecule has 11 unspecified atom stereocenters. The van der Waals surface area contributed by atoms with Crippen molar-refractivity contribution >= 4 is 17.9 Å². The average molecular weight is 561 g/mol. The normalized spacial score (nSPS) is 46.9. The third kappa shape index (κ3) is 3.86. The van der Waals surface area contributed by atoms with E-state index in [0.29, 0.717) is 44.9 Å². The van der Waals surface area contributed by atoms with Gasteiger partial charge < -0.3 is 29.2 Å². The first-order valence-corrected chi connectivity index (χ1v) is 15.0. The van der Waals surface area contributed by atoms with Crippen molar-refractivity contribution in [2.45, 2.75) is 134 Å². The molecule has 1 spiro atoms. The molecular formula is C31H44O9. The van der Waals surface area contributed by atoms with Crippen molar-refractivity contribution in [3.8, 4) is 0 Å². The molecule has 3 aliphatic carbocycles. The Bertz CT molecular complexity index is 1160. The topological polar surface area (TPSA) is 129 Å². The number of esters is 3. The number of cyclic esters (lactones) is 1. The molecule has 9 nitrogen and oxygen atoms in total. The molecule has 3 aliphatic heterocycles. The monoisotopic (exact) mass is 560 g/mol. The van der Waals surface area contributed by atoms with E-state index >= 15 is 0 Å². The predicted octanol–water partition coefficient (Wildman–Crippen LogP) is 3.38. The van der Waals surface area contributed by atoms with E-state index in [9.17, 15) is 24.6 Å². The first-order valence-electron chi connectivity index (χ1n) is 15.0. The number of aliphatic hydroxyl groups excluding tert-OH is 1. The van der Waals surface area contributed by atoms with Crippen LogP contribution in [-0.4, -0.2) is 69.3 Å². The van der Waals surface area contributed by atoms with Gasteiger partial charge in [0.1, 0.15) is 23.9 Å². The van der Waals surface area contributed by atoms with Gasteiger partial charge in [-0.2, -0.15) is 0 Å². The number of fused-ring (bicyclic) bond motifs is 3. The summed E-state index contributed by atoms with van der Waals surface area (Å²) in [6.45, 7) is 11.4. The van der Waals surface area contributed by atoms with Crippen molar-refractivity contribution in [1.29, 1.82) is 0 Å². The van der Waals surface area contributed by atoms with Crippen molar-refractivity contribution < 1.29 is 43.5 Å². The summed E-state index contributed by atoms with van der Waals surface area (Å²) in [6.07, 6.45) is 1.55. The lowest BCUT2D eigenvalue weighted by Crippen LogP contribution is -2.57. The molecule has 0 aromatic rings. The highest BCUT2D eigenvalue weighted by Gasteiger charge is 2.72. The molecule has 5 fully saturated rings. The Labute approximate surface area is 235 Å². The van der Waals surface area contributed by atoms with Crippen LogP contribution in [0.25, 0.3) is 0 Å². The standard InChI is InChI=1S/C31H44O9/c1-15-11-20(38-27(15)35)26(34)16(2)18-12-23(37-17(3)32)29(6)19(18)9-10-30(36)14-31-21(7-8-22(29)30)28(4,5)39-24(31)13-25(33)40-31/h15-16,20-24,26,34,36H,7-14H2,1-6H3. The number of hydrogen-bond donors (Lipinski definition) is 2. The zero-order valence-electron chi connectivity index (χ0n) is 24.5. The lowest BCUT2D eigenvalue weighted by atomic mass is 9.55. The van der Waals surface area contributed by atoms with Crippen LogP contribution in [0.2, 0.25) is 0 Å². The van der Waals surface area contributed by atoms with Crippen LogP contribution >= 0.6 is 0 Å². The molecule has 0 aromatic carbocycles. The van der Waals surface area contributed by atoms with Crippen LogP contribution in [0.15, 0.2) is 11.1 Å². The molecule has 3 heterocycles. The predicted molar refractivity (Wildman–Crippen MR) is 142 cm³/mol. The molecule has 0 bridgehead atoms. The second kappa shape index (κ2) is 9.01. The summed E-state index contributed by atoms with van der Waals surface area (Å²) in [7, 11) is 0. The fourth-order valence-electron chi connectivity index (χ4n) is 9.91. The third-order valence-corrected chi connectivity index (χ3v) is 11.7. The molecule has 11 atom stereocenters. The minimum absolute atomic E-state index is 0.0602. The highest BCUT2D eigenvalue weighted by Crippen LogP contribution is 2.67. The molecule has 0 amide bonds. The Morgan fingerprint density at radius 2 is 1.82 bits per heavy atom. The average Bonchev–Trinajstić information content (AvgIpc) is 3.45. The van der Waals surface area contributed by atoms with Crippen LogP contribution in [0.3, 0.4) is 0 Å². The van der Waals surface area contributed by atoms with E-state index in [0.717, 1.165) is 11.1 Å². The molecular weight excluding hydrogens is 516 g/mol. The van der Waals surface area contributed by atoms with Crippen molar-refractivity contribution in [1.82, 2.24) is 0 Å². The van der Waals surface area contributed by atoms with Gasteiger partial charge in [0.25, 0.3) is 0 Å². The van der Waals surface area contributed by atoms with E-state index in [2.05, 4.69) is 6.92 Å². The van der Waals surface area contributed by atoms with E-state index in [1.165, 1.54) is 6.92 Å².